The van der Waals surface area contributed by atoms with Crippen molar-refractivity contribution < 1.29 is 22.3 Å². The predicted octanol–water partition coefficient (Wildman–Crippen LogP) is 4.44. The number of anilines is 1. The van der Waals surface area contributed by atoms with Crippen LogP contribution in [0.3, 0.4) is 0 Å². The van der Waals surface area contributed by atoms with Gasteiger partial charge >= 0.3 is 0 Å². The molecule has 0 aromatic heterocycles. The highest BCUT2D eigenvalue weighted by molar-refractivity contribution is 7.89. The molecule has 1 atom stereocenters. The molecule has 33 heavy (non-hydrogen) atoms. The zero-order valence-corrected chi connectivity index (χ0v) is 18.8. The highest BCUT2D eigenvalue weighted by atomic mass is 32.2. The number of rotatable bonds is 7. The molecule has 0 aliphatic carbocycles. The molecule has 1 amide bonds. The van der Waals surface area contributed by atoms with Crippen molar-refractivity contribution in [3.8, 4) is 5.75 Å². The Labute approximate surface area is 193 Å². The third kappa shape index (κ3) is 5.77. The number of piperidine rings is 1. The normalized spacial score (nSPS) is 16.8. The number of nitrogens with zero attached hydrogens (tertiary/aromatic N) is 1. The highest BCUT2D eigenvalue weighted by Crippen LogP contribution is 2.25. The fraction of sp³-hybridized carbons (Fsp3) is 0.240. The van der Waals surface area contributed by atoms with Gasteiger partial charge in [-0.05, 0) is 66.9 Å². The third-order valence-electron chi connectivity index (χ3n) is 5.58. The largest absolute Gasteiger partial charge is 0.489 e. The van der Waals surface area contributed by atoms with Crippen LogP contribution in [0.25, 0.3) is 0 Å². The fourth-order valence-corrected chi connectivity index (χ4v) is 5.27. The van der Waals surface area contributed by atoms with Crippen LogP contribution >= 0.6 is 0 Å². The molecule has 1 fully saturated rings. The molecule has 0 spiro atoms. The van der Waals surface area contributed by atoms with Gasteiger partial charge in [-0.3, -0.25) is 4.79 Å². The van der Waals surface area contributed by atoms with Crippen LogP contribution in [0, 0.1) is 11.7 Å². The number of hydrogen-bond donors (Lipinski definition) is 1. The van der Waals surface area contributed by atoms with Crippen molar-refractivity contribution in [3.63, 3.8) is 0 Å². The van der Waals surface area contributed by atoms with Gasteiger partial charge < -0.3 is 10.1 Å². The van der Waals surface area contributed by atoms with Gasteiger partial charge in [0.2, 0.25) is 15.9 Å². The van der Waals surface area contributed by atoms with Crippen molar-refractivity contribution in [1.29, 1.82) is 0 Å². The molecular formula is C25H25FN2O4S. The molecule has 172 valence electrons. The van der Waals surface area contributed by atoms with Gasteiger partial charge in [0.1, 0.15) is 18.2 Å². The predicted molar refractivity (Wildman–Crippen MR) is 124 cm³/mol. The van der Waals surface area contributed by atoms with Crippen molar-refractivity contribution in [2.45, 2.75) is 24.3 Å². The second-order valence-corrected chi connectivity index (χ2v) is 9.88. The zero-order chi connectivity index (χ0) is 23.3. The quantitative estimate of drug-likeness (QED) is 0.556. The van der Waals surface area contributed by atoms with E-state index in [0.29, 0.717) is 37.4 Å². The lowest BCUT2D eigenvalue weighted by Gasteiger charge is -2.31. The Balaban J connectivity index is 1.34. The van der Waals surface area contributed by atoms with Gasteiger partial charge in [-0.1, -0.05) is 30.3 Å². The number of sulfonamides is 1. The Kier molecular flexibility index (Phi) is 7.05. The minimum absolute atomic E-state index is 0.0241. The summed E-state index contributed by atoms with van der Waals surface area (Å²) in [6.45, 7) is 0.869. The van der Waals surface area contributed by atoms with E-state index >= 15 is 0 Å². The van der Waals surface area contributed by atoms with E-state index < -0.39 is 21.8 Å². The van der Waals surface area contributed by atoms with Gasteiger partial charge in [0.05, 0.1) is 10.8 Å². The van der Waals surface area contributed by atoms with Crippen LogP contribution in [0.4, 0.5) is 10.1 Å². The van der Waals surface area contributed by atoms with Gasteiger partial charge in [0.15, 0.2) is 0 Å². The van der Waals surface area contributed by atoms with Gasteiger partial charge in [0.25, 0.3) is 0 Å². The summed E-state index contributed by atoms with van der Waals surface area (Å²) in [5.74, 6) is -0.512. The molecule has 8 heteroatoms. The van der Waals surface area contributed by atoms with Gasteiger partial charge in [-0.2, -0.15) is 4.31 Å². The molecule has 0 radical (unpaired) electrons. The first-order chi connectivity index (χ1) is 15.9. The number of nitrogens with one attached hydrogen (secondary N) is 1. The summed E-state index contributed by atoms with van der Waals surface area (Å²) in [7, 11) is -3.78. The number of benzene rings is 3. The molecule has 3 aromatic carbocycles. The molecule has 1 aliphatic rings. The molecule has 0 unspecified atom stereocenters. The highest BCUT2D eigenvalue weighted by Gasteiger charge is 2.33. The van der Waals surface area contributed by atoms with Crippen LogP contribution in [0.1, 0.15) is 18.4 Å². The monoisotopic (exact) mass is 468 g/mol. The molecular weight excluding hydrogens is 443 g/mol. The Bertz CT molecular complexity index is 1180. The topological polar surface area (TPSA) is 75.7 Å². The Morgan fingerprint density at radius 2 is 1.70 bits per heavy atom. The van der Waals surface area contributed by atoms with Crippen molar-refractivity contribution in [2.24, 2.45) is 5.92 Å². The first-order valence-corrected chi connectivity index (χ1v) is 12.2. The van der Waals surface area contributed by atoms with Crippen LogP contribution in [0.5, 0.6) is 5.75 Å². The fourth-order valence-electron chi connectivity index (χ4n) is 3.75. The summed E-state index contributed by atoms with van der Waals surface area (Å²) < 4.78 is 46.0. The summed E-state index contributed by atoms with van der Waals surface area (Å²) in [6, 6.07) is 21.6. The molecule has 4 rings (SSSR count). The average Bonchev–Trinajstić information content (AvgIpc) is 2.84. The molecule has 0 bridgehead atoms. The standard InChI is InChI=1S/C25H25FN2O4S/c26-21-8-14-24(15-9-21)33(30,31)28-16-4-7-20(17-28)25(29)27-22-10-12-23(13-11-22)32-18-19-5-2-1-3-6-19/h1-3,5-6,8-15,20H,4,7,16-18H2,(H,27,29)/t20-/m1/s1. The van der Waals surface area contributed by atoms with E-state index in [9.17, 15) is 17.6 Å². The summed E-state index contributed by atoms with van der Waals surface area (Å²) in [5, 5.41) is 2.87. The maximum atomic E-state index is 13.2. The van der Waals surface area contributed by atoms with Crippen LogP contribution in [-0.2, 0) is 21.4 Å². The maximum Gasteiger partial charge on any atom is 0.243 e. The summed E-state index contributed by atoms with van der Waals surface area (Å²) in [4.78, 5) is 12.8. The SMILES string of the molecule is O=C(Nc1ccc(OCc2ccccc2)cc1)[C@@H]1CCCN(S(=O)(=O)c2ccc(F)cc2)C1. The number of halogens is 1. The van der Waals surface area contributed by atoms with Crippen LogP contribution in [0.2, 0.25) is 0 Å². The second-order valence-electron chi connectivity index (χ2n) is 7.94. The number of hydrogen-bond acceptors (Lipinski definition) is 4. The van der Waals surface area contributed by atoms with E-state index in [1.54, 1.807) is 24.3 Å². The Hall–Kier alpha value is -3.23. The lowest BCUT2D eigenvalue weighted by Crippen LogP contribution is -2.43. The molecule has 1 heterocycles. The van der Waals surface area contributed by atoms with Crippen molar-refractivity contribution in [3.05, 3.63) is 90.2 Å². The molecule has 1 saturated heterocycles. The summed E-state index contributed by atoms with van der Waals surface area (Å²) >= 11 is 0. The number of carbonyl (C=O) groups excluding carboxylic acids is 1. The van der Waals surface area contributed by atoms with Crippen molar-refractivity contribution >= 4 is 21.6 Å². The van der Waals surface area contributed by atoms with Gasteiger partial charge in [0, 0.05) is 18.8 Å². The Morgan fingerprint density at radius 3 is 2.39 bits per heavy atom. The lowest BCUT2D eigenvalue weighted by molar-refractivity contribution is -0.120. The lowest BCUT2D eigenvalue weighted by atomic mass is 9.99. The van der Waals surface area contributed by atoms with Crippen LogP contribution < -0.4 is 10.1 Å². The first kappa shape index (κ1) is 22.9. The van der Waals surface area contributed by atoms with Gasteiger partial charge in [-0.25, -0.2) is 12.8 Å². The molecule has 6 nitrogen and oxygen atoms in total. The van der Waals surface area contributed by atoms with E-state index in [2.05, 4.69) is 5.32 Å². The number of amides is 1. The molecule has 3 aromatic rings. The van der Waals surface area contributed by atoms with Crippen molar-refractivity contribution in [2.75, 3.05) is 18.4 Å². The zero-order valence-electron chi connectivity index (χ0n) is 18.0. The first-order valence-electron chi connectivity index (χ1n) is 10.8. The minimum atomic E-state index is -3.78. The summed E-state index contributed by atoms with van der Waals surface area (Å²) in [6.07, 6.45) is 1.17. The van der Waals surface area contributed by atoms with E-state index in [0.717, 1.165) is 17.7 Å². The van der Waals surface area contributed by atoms with E-state index in [-0.39, 0.29) is 17.3 Å². The van der Waals surface area contributed by atoms with Crippen LogP contribution in [-0.4, -0.2) is 31.7 Å². The van der Waals surface area contributed by atoms with Crippen molar-refractivity contribution in [1.82, 2.24) is 4.31 Å². The van der Waals surface area contributed by atoms with Gasteiger partial charge in [-0.15, -0.1) is 0 Å². The number of ether oxygens (including phenoxy) is 1. The third-order valence-corrected chi connectivity index (χ3v) is 7.46. The minimum Gasteiger partial charge on any atom is -0.489 e. The van der Waals surface area contributed by atoms with E-state index in [1.165, 1.54) is 16.4 Å². The molecule has 1 N–H and O–H groups in total. The van der Waals surface area contributed by atoms with E-state index in [4.69, 9.17) is 4.74 Å². The summed E-state index contributed by atoms with van der Waals surface area (Å²) in [5.41, 5.74) is 1.68. The average molecular weight is 469 g/mol. The molecule has 0 saturated carbocycles. The maximum absolute atomic E-state index is 13.2. The number of carbonyl (C=O) groups is 1. The molecule has 1 aliphatic heterocycles. The smallest absolute Gasteiger partial charge is 0.243 e. The Morgan fingerprint density at radius 1 is 1.00 bits per heavy atom. The second kappa shape index (κ2) is 10.1. The van der Waals surface area contributed by atoms with E-state index in [1.807, 2.05) is 30.3 Å². The van der Waals surface area contributed by atoms with Crippen LogP contribution in [0.15, 0.2) is 83.8 Å².